The van der Waals surface area contributed by atoms with Crippen LogP contribution in [-0.2, 0) is 35.7 Å². The average molecular weight is 410 g/mol. The van der Waals surface area contributed by atoms with Crippen LogP contribution >= 0.6 is 0 Å². The van der Waals surface area contributed by atoms with Gasteiger partial charge < -0.3 is 15.4 Å². The van der Waals surface area contributed by atoms with Crippen molar-refractivity contribution in [3.63, 3.8) is 0 Å². The topological polar surface area (TPSA) is 119 Å². The number of amides is 2. The Hall–Kier alpha value is -2.79. The lowest BCUT2D eigenvalue weighted by atomic mass is 10.2. The molecule has 2 heterocycles. The molecular formula is C17H19FN4O5S. The van der Waals surface area contributed by atoms with Gasteiger partial charge in [-0.2, -0.15) is 5.10 Å². The molecule has 11 heteroatoms. The molecule has 3 rings (SSSR count). The van der Waals surface area contributed by atoms with Gasteiger partial charge >= 0.3 is 11.8 Å². The smallest absolute Gasteiger partial charge is 0.314 e. The van der Waals surface area contributed by atoms with Crippen molar-refractivity contribution >= 4 is 27.5 Å². The highest BCUT2D eigenvalue weighted by molar-refractivity contribution is 7.90. The van der Waals surface area contributed by atoms with E-state index in [1.807, 2.05) is 0 Å². The van der Waals surface area contributed by atoms with Gasteiger partial charge in [0.05, 0.1) is 29.5 Å². The molecule has 0 fully saturated rings. The Morgan fingerprint density at radius 3 is 2.57 bits per heavy atom. The molecule has 0 unspecified atom stereocenters. The van der Waals surface area contributed by atoms with Crippen molar-refractivity contribution in [2.45, 2.75) is 24.5 Å². The van der Waals surface area contributed by atoms with Gasteiger partial charge in [-0.15, -0.1) is 0 Å². The molecule has 0 saturated heterocycles. The van der Waals surface area contributed by atoms with Crippen LogP contribution in [0.5, 0.6) is 0 Å². The number of rotatable bonds is 5. The number of ether oxygens (including phenoxy) is 1. The molecular weight excluding hydrogens is 391 g/mol. The molecule has 2 N–H and O–H groups in total. The van der Waals surface area contributed by atoms with Crippen LogP contribution < -0.4 is 10.6 Å². The maximum absolute atomic E-state index is 13.2. The second kappa shape index (κ2) is 7.68. The molecule has 0 bridgehead atoms. The van der Waals surface area contributed by atoms with E-state index in [-0.39, 0.29) is 29.6 Å². The zero-order chi connectivity index (χ0) is 20.5. The first-order chi connectivity index (χ1) is 13.2. The van der Waals surface area contributed by atoms with Gasteiger partial charge in [-0.25, -0.2) is 17.5 Å². The first-order valence-corrected chi connectivity index (χ1v) is 10.2. The van der Waals surface area contributed by atoms with Crippen molar-refractivity contribution in [1.82, 2.24) is 15.1 Å². The zero-order valence-electron chi connectivity index (χ0n) is 15.2. The highest BCUT2D eigenvalue weighted by atomic mass is 32.2. The second-order valence-corrected chi connectivity index (χ2v) is 8.54. The van der Waals surface area contributed by atoms with Crippen molar-refractivity contribution in [3.8, 4) is 5.69 Å². The number of anilines is 1. The summed E-state index contributed by atoms with van der Waals surface area (Å²) in [7, 11) is -1.91. The first kappa shape index (κ1) is 20.0. The quantitative estimate of drug-likeness (QED) is 0.694. The number of methoxy groups -OCH3 is 1. The number of carbonyl (C=O) groups excluding carboxylic acids is 2. The van der Waals surface area contributed by atoms with Crippen LogP contribution in [0.2, 0.25) is 0 Å². The molecule has 1 aromatic heterocycles. The number of nitrogens with one attached hydrogen (secondary N) is 2. The third kappa shape index (κ3) is 4.20. The molecule has 1 aliphatic rings. The summed E-state index contributed by atoms with van der Waals surface area (Å²) in [6.07, 6.45) is 0. The van der Waals surface area contributed by atoms with Crippen LogP contribution in [0.25, 0.3) is 5.69 Å². The fourth-order valence-corrected chi connectivity index (χ4v) is 4.38. The van der Waals surface area contributed by atoms with E-state index in [9.17, 15) is 22.4 Å². The summed E-state index contributed by atoms with van der Waals surface area (Å²) in [6, 6.07) is 4.90. The van der Waals surface area contributed by atoms with Crippen molar-refractivity contribution in [3.05, 3.63) is 41.3 Å². The predicted molar refractivity (Wildman–Crippen MR) is 98.0 cm³/mol. The van der Waals surface area contributed by atoms with Crippen molar-refractivity contribution in [1.29, 1.82) is 0 Å². The average Bonchev–Trinajstić information content (AvgIpc) is 3.08. The van der Waals surface area contributed by atoms with Gasteiger partial charge in [-0.1, -0.05) is 0 Å². The fraction of sp³-hybridized carbons (Fsp3) is 0.353. The third-order valence-electron chi connectivity index (χ3n) is 4.09. The fourth-order valence-electron chi connectivity index (χ4n) is 2.89. The van der Waals surface area contributed by atoms with Crippen LogP contribution in [0.4, 0.5) is 10.2 Å². The Morgan fingerprint density at radius 2 is 1.93 bits per heavy atom. The number of hydrogen-bond acceptors (Lipinski definition) is 6. The Bertz CT molecular complexity index is 1020. The SMILES string of the molecule is COC[C@@H](C)NC(=O)C(=O)Nc1c2c(nn1-c1ccc(F)cc1)CS(=O)(=O)C2. The van der Waals surface area contributed by atoms with Gasteiger partial charge in [0.25, 0.3) is 0 Å². The summed E-state index contributed by atoms with van der Waals surface area (Å²) < 4.78 is 43.3. The maximum Gasteiger partial charge on any atom is 0.314 e. The molecule has 1 aromatic carbocycles. The molecule has 28 heavy (non-hydrogen) atoms. The molecule has 2 amide bonds. The highest BCUT2D eigenvalue weighted by Crippen LogP contribution is 2.32. The molecule has 150 valence electrons. The summed E-state index contributed by atoms with van der Waals surface area (Å²) in [5, 5.41) is 9.15. The Morgan fingerprint density at radius 1 is 1.25 bits per heavy atom. The minimum absolute atomic E-state index is 0.0715. The molecule has 1 atom stereocenters. The van der Waals surface area contributed by atoms with Crippen LogP contribution in [0.3, 0.4) is 0 Å². The molecule has 0 saturated carbocycles. The van der Waals surface area contributed by atoms with Crippen molar-refractivity contribution in [2.24, 2.45) is 0 Å². The number of benzene rings is 1. The van der Waals surface area contributed by atoms with Crippen LogP contribution in [-0.4, -0.2) is 49.8 Å². The van der Waals surface area contributed by atoms with Gasteiger partial charge in [-0.05, 0) is 31.2 Å². The zero-order valence-corrected chi connectivity index (χ0v) is 16.0. The number of aromatic nitrogens is 2. The van der Waals surface area contributed by atoms with E-state index < -0.39 is 33.5 Å². The van der Waals surface area contributed by atoms with E-state index >= 15 is 0 Å². The first-order valence-electron chi connectivity index (χ1n) is 8.38. The van der Waals surface area contributed by atoms with Gasteiger partial charge in [0.15, 0.2) is 9.84 Å². The third-order valence-corrected chi connectivity index (χ3v) is 5.53. The van der Waals surface area contributed by atoms with Gasteiger partial charge in [-0.3, -0.25) is 9.59 Å². The largest absolute Gasteiger partial charge is 0.383 e. The number of fused-ring (bicyclic) bond motifs is 1. The van der Waals surface area contributed by atoms with Gasteiger partial charge in [0.2, 0.25) is 0 Å². The van der Waals surface area contributed by atoms with Crippen LogP contribution in [0.1, 0.15) is 18.2 Å². The van der Waals surface area contributed by atoms with E-state index in [1.165, 1.54) is 36.1 Å². The van der Waals surface area contributed by atoms with Gasteiger partial charge in [0, 0.05) is 18.7 Å². The predicted octanol–water partition coefficient (Wildman–Crippen LogP) is 0.529. The molecule has 0 aliphatic carbocycles. The lowest BCUT2D eigenvalue weighted by Crippen LogP contribution is -2.42. The van der Waals surface area contributed by atoms with Crippen LogP contribution in [0, 0.1) is 5.82 Å². The summed E-state index contributed by atoms with van der Waals surface area (Å²) >= 11 is 0. The van der Waals surface area contributed by atoms with E-state index in [4.69, 9.17) is 4.74 Å². The number of sulfone groups is 1. The molecule has 9 nitrogen and oxygen atoms in total. The minimum Gasteiger partial charge on any atom is -0.383 e. The standard InChI is InChI=1S/C17H19FN4O5S/c1-10(7-27-2)19-16(23)17(24)20-15-13-8-28(25,26)9-14(13)21-22(15)12-5-3-11(18)4-6-12/h3-6,10H,7-9H2,1-2H3,(H,19,23)(H,20,24)/t10-/m1/s1. The Labute approximate surface area is 160 Å². The van der Waals surface area contributed by atoms with Crippen molar-refractivity contribution < 1.29 is 27.1 Å². The Balaban J connectivity index is 1.91. The molecule has 1 aliphatic heterocycles. The number of halogens is 1. The summed E-state index contributed by atoms with van der Waals surface area (Å²) in [5.41, 5.74) is 1.01. The second-order valence-electron chi connectivity index (χ2n) is 6.48. The van der Waals surface area contributed by atoms with Crippen LogP contribution in [0.15, 0.2) is 24.3 Å². The number of nitrogens with zero attached hydrogens (tertiary/aromatic N) is 2. The maximum atomic E-state index is 13.2. The minimum atomic E-state index is -3.38. The molecule has 0 radical (unpaired) electrons. The number of carbonyl (C=O) groups is 2. The normalized spacial score (nSPS) is 15.7. The summed E-state index contributed by atoms with van der Waals surface area (Å²) in [5.74, 6) is -2.83. The number of hydrogen-bond donors (Lipinski definition) is 2. The summed E-state index contributed by atoms with van der Waals surface area (Å²) in [4.78, 5) is 24.4. The summed E-state index contributed by atoms with van der Waals surface area (Å²) in [6.45, 7) is 1.89. The van der Waals surface area contributed by atoms with E-state index in [0.717, 1.165) is 0 Å². The molecule has 2 aromatic rings. The van der Waals surface area contributed by atoms with E-state index in [0.29, 0.717) is 11.3 Å². The van der Waals surface area contributed by atoms with E-state index in [1.54, 1.807) is 6.92 Å². The molecule has 0 spiro atoms. The van der Waals surface area contributed by atoms with Gasteiger partial charge in [0.1, 0.15) is 11.6 Å². The highest BCUT2D eigenvalue weighted by Gasteiger charge is 2.34. The monoisotopic (exact) mass is 410 g/mol. The lowest BCUT2D eigenvalue weighted by molar-refractivity contribution is -0.136. The van der Waals surface area contributed by atoms with E-state index in [2.05, 4.69) is 15.7 Å². The lowest BCUT2D eigenvalue weighted by Gasteiger charge is -2.14. The van der Waals surface area contributed by atoms with Crippen molar-refractivity contribution in [2.75, 3.05) is 19.0 Å². The Kier molecular flexibility index (Phi) is 5.47.